The standard InChI is InChI=1S/C24H25N5O4S/c1-15-12-26-18-8-3-2-7-17(18)21(15)24(30)29-11-5-6-16(13-29)14-33-20-10-4-9-19-22(20)23(25)28-34(31,32)27-19/h2-4,7-10,12,16,27H,5-6,11,13-14H2,1H3,(H2,25,28)/t16-/m0/s1. The smallest absolute Gasteiger partial charge is 0.344 e. The summed E-state index contributed by atoms with van der Waals surface area (Å²) in [4.78, 5) is 19.8. The van der Waals surface area contributed by atoms with E-state index in [4.69, 9.17) is 10.5 Å². The predicted octanol–water partition coefficient (Wildman–Crippen LogP) is 2.85. The van der Waals surface area contributed by atoms with E-state index in [9.17, 15) is 13.2 Å². The first-order chi connectivity index (χ1) is 16.3. The van der Waals surface area contributed by atoms with E-state index in [1.807, 2.05) is 36.1 Å². The predicted molar refractivity (Wildman–Crippen MR) is 130 cm³/mol. The van der Waals surface area contributed by atoms with Gasteiger partial charge in [-0.05, 0) is 43.5 Å². The van der Waals surface area contributed by atoms with Crippen molar-refractivity contribution in [2.24, 2.45) is 16.0 Å². The number of likely N-dealkylation sites (tertiary alicyclic amines) is 1. The Labute approximate surface area is 197 Å². The van der Waals surface area contributed by atoms with Gasteiger partial charge in [0.05, 0.1) is 28.9 Å². The van der Waals surface area contributed by atoms with E-state index in [-0.39, 0.29) is 17.7 Å². The van der Waals surface area contributed by atoms with Crippen LogP contribution < -0.4 is 15.2 Å². The monoisotopic (exact) mass is 479 g/mol. The van der Waals surface area contributed by atoms with E-state index in [0.717, 1.165) is 29.3 Å². The Hall–Kier alpha value is -3.66. The molecule has 0 unspecified atom stereocenters. The molecule has 176 valence electrons. The minimum Gasteiger partial charge on any atom is -0.492 e. The van der Waals surface area contributed by atoms with E-state index in [0.29, 0.717) is 42.3 Å². The highest BCUT2D eigenvalue weighted by molar-refractivity contribution is 7.91. The molecule has 0 radical (unpaired) electrons. The number of nitrogens with two attached hydrogens (primary N) is 1. The Morgan fingerprint density at radius 2 is 2.06 bits per heavy atom. The Kier molecular flexibility index (Phi) is 5.60. The van der Waals surface area contributed by atoms with Crippen LogP contribution in [-0.2, 0) is 10.2 Å². The number of hydrogen-bond donors (Lipinski definition) is 2. The van der Waals surface area contributed by atoms with E-state index in [1.54, 1.807) is 24.4 Å². The molecule has 0 spiro atoms. The molecule has 5 rings (SSSR count). The molecule has 3 heterocycles. The Bertz CT molecular complexity index is 1420. The van der Waals surface area contributed by atoms with Crippen molar-refractivity contribution in [2.75, 3.05) is 24.4 Å². The molecule has 10 heteroatoms. The average molecular weight is 480 g/mol. The summed E-state index contributed by atoms with van der Waals surface area (Å²) < 4.78 is 35.6. The normalized spacial score (nSPS) is 19.1. The Balaban J connectivity index is 1.33. The number of piperidine rings is 1. The molecule has 0 aliphatic carbocycles. The molecule has 0 bridgehead atoms. The third-order valence-electron chi connectivity index (χ3n) is 6.20. The van der Waals surface area contributed by atoms with E-state index in [1.165, 1.54) is 0 Å². The molecule has 1 amide bonds. The van der Waals surface area contributed by atoms with Gasteiger partial charge in [-0.3, -0.25) is 14.5 Å². The second kappa shape index (κ2) is 8.60. The van der Waals surface area contributed by atoms with Crippen LogP contribution in [0.2, 0.25) is 0 Å². The summed E-state index contributed by atoms with van der Waals surface area (Å²) in [6, 6.07) is 12.7. The van der Waals surface area contributed by atoms with Gasteiger partial charge in [0.2, 0.25) is 0 Å². The van der Waals surface area contributed by atoms with Crippen LogP contribution in [0.15, 0.2) is 53.1 Å². The highest BCUT2D eigenvalue weighted by atomic mass is 32.2. The zero-order valence-electron chi connectivity index (χ0n) is 18.7. The lowest BCUT2D eigenvalue weighted by Gasteiger charge is -2.33. The zero-order valence-corrected chi connectivity index (χ0v) is 19.5. The lowest BCUT2D eigenvalue weighted by molar-refractivity contribution is 0.0634. The fourth-order valence-corrected chi connectivity index (χ4v) is 5.46. The molecule has 1 saturated heterocycles. The highest BCUT2D eigenvalue weighted by Gasteiger charge is 2.28. The van der Waals surface area contributed by atoms with E-state index >= 15 is 0 Å². The number of fused-ring (bicyclic) bond motifs is 2. The third kappa shape index (κ3) is 4.16. The maximum absolute atomic E-state index is 13.5. The molecule has 1 aromatic heterocycles. The van der Waals surface area contributed by atoms with Gasteiger partial charge in [-0.25, -0.2) is 0 Å². The van der Waals surface area contributed by atoms with Gasteiger partial charge >= 0.3 is 10.2 Å². The number of para-hydroxylation sites is 1. The first-order valence-electron chi connectivity index (χ1n) is 11.1. The maximum Gasteiger partial charge on any atom is 0.344 e. The van der Waals surface area contributed by atoms with E-state index < -0.39 is 10.2 Å². The van der Waals surface area contributed by atoms with Crippen LogP contribution in [0.5, 0.6) is 5.75 Å². The summed E-state index contributed by atoms with van der Waals surface area (Å²) in [5.74, 6) is 0.481. The third-order valence-corrected chi connectivity index (χ3v) is 7.11. The molecule has 2 aromatic carbocycles. The van der Waals surface area contributed by atoms with Crippen LogP contribution in [0.4, 0.5) is 5.69 Å². The summed E-state index contributed by atoms with van der Waals surface area (Å²) in [6.45, 7) is 3.54. The topological polar surface area (TPSA) is 127 Å². The molecular formula is C24H25N5O4S. The van der Waals surface area contributed by atoms with Crippen molar-refractivity contribution in [1.29, 1.82) is 0 Å². The number of pyridine rings is 1. The number of benzene rings is 2. The molecule has 2 aliphatic heterocycles. The number of hydrogen-bond acceptors (Lipinski definition) is 6. The second-order valence-corrected chi connectivity index (χ2v) is 9.97. The van der Waals surface area contributed by atoms with Crippen molar-refractivity contribution in [3.63, 3.8) is 0 Å². The molecule has 1 atom stereocenters. The minimum atomic E-state index is -3.85. The lowest BCUT2D eigenvalue weighted by atomic mass is 9.96. The molecule has 34 heavy (non-hydrogen) atoms. The van der Waals surface area contributed by atoms with Gasteiger partial charge in [-0.15, -0.1) is 4.40 Å². The molecule has 2 aliphatic rings. The number of nitrogens with one attached hydrogen (secondary N) is 1. The number of amides is 1. The summed E-state index contributed by atoms with van der Waals surface area (Å²) >= 11 is 0. The number of rotatable bonds is 4. The first kappa shape index (κ1) is 22.1. The Morgan fingerprint density at radius 1 is 1.24 bits per heavy atom. The molecular weight excluding hydrogens is 454 g/mol. The minimum absolute atomic E-state index is 0.00340. The van der Waals surface area contributed by atoms with Gasteiger partial charge in [0.1, 0.15) is 5.75 Å². The fraction of sp³-hybridized carbons (Fsp3) is 0.292. The number of carbonyl (C=O) groups excluding carboxylic acids is 1. The SMILES string of the molecule is Cc1cnc2ccccc2c1C(=O)N1CCC[C@H](COc2cccc3c2C(N)=NS(=O)(=O)N3)C1. The molecule has 3 aromatic rings. The van der Waals surface area contributed by atoms with Crippen LogP contribution >= 0.6 is 0 Å². The first-order valence-corrected chi connectivity index (χ1v) is 12.5. The highest BCUT2D eigenvalue weighted by Crippen LogP contribution is 2.31. The van der Waals surface area contributed by atoms with Crippen molar-refractivity contribution in [3.05, 3.63) is 65.4 Å². The number of ether oxygens (including phenoxy) is 1. The fourth-order valence-electron chi connectivity index (χ4n) is 4.61. The van der Waals surface area contributed by atoms with Gasteiger partial charge in [0, 0.05) is 30.6 Å². The van der Waals surface area contributed by atoms with E-state index in [2.05, 4.69) is 14.1 Å². The summed E-state index contributed by atoms with van der Waals surface area (Å²) in [6.07, 6.45) is 3.54. The van der Waals surface area contributed by atoms with Crippen LogP contribution in [-0.4, -0.2) is 49.7 Å². The van der Waals surface area contributed by atoms with Gasteiger partial charge < -0.3 is 15.4 Å². The summed E-state index contributed by atoms with van der Waals surface area (Å²) in [7, 11) is -3.85. The van der Waals surface area contributed by atoms with Crippen molar-refractivity contribution in [2.45, 2.75) is 19.8 Å². The van der Waals surface area contributed by atoms with Gasteiger partial charge in [-0.1, -0.05) is 24.3 Å². The van der Waals surface area contributed by atoms with Crippen LogP contribution in [0.3, 0.4) is 0 Å². The maximum atomic E-state index is 13.5. The number of nitrogens with zero attached hydrogens (tertiary/aromatic N) is 3. The molecule has 3 N–H and O–H groups in total. The van der Waals surface area contributed by atoms with Crippen molar-refractivity contribution in [3.8, 4) is 5.75 Å². The summed E-state index contributed by atoms with van der Waals surface area (Å²) in [5, 5.41) is 0.860. The quantitative estimate of drug-likeness (QED) is 0.592. The number of aryl methyl sites for hydroxylation is 1. The van der Waals surface area contributed by atoms with Crippen LogP contribution in [0, 0.1) is 12.8 Å². The van der Waals surface area contributed by atoms with Crippen molar-refractivity contribution in [1.82, 2.24) is 9.88 Å². The number of anilines is 1. The second-order valence-electron chi connectivity index (χ2n) is 8.64. The molecule has 9 nitrogen and oxygen atoms in total. The van der Waals surface area contributed by atoms with Crippen LogP contribution in [0.1, 0.15) is 34.3 Å². The average Bonchev–Trinajstić information content (AvgIpc) is 2.81. The molecule has 1 fully saturated rings. The largest absolute Gasteiger partial charge is 0.492 e. The number of amidine groups is 1. The van der Waals surface area contributed by atoms with Gasteiger partial charge in [-0.2, -0.15) is 8.42 Å². The Morgan fingerprint density at radius 3 is 2.91 bits per heavy atom. The van der Waals surface area contributed by atoms with Crippen molar-refractivity contribution < 1.29 is 17.9 Å². The molecule has 0 saturated carbocycles. The number of carbonyl (C=O) groups is 1. The summed E-state index contributed by atoms with van der Waals surface area (Å²) in [5.41, 5.74) is 9.03. The van der Waals surface area contributed by atoms with Gasteiger partial charge in [0.25, 0.3) is 5.91 Å². The van der Waals surface area contributed by atoms with Crippen molar-refractivity contribution >= 4 is 38.5 Å². The van der Waals surface area contributed by atoms with Crippen LogP contribution in [0.25, 0.3) is 10.9 Å². The van der Waals surface area contributed by atoms with Gasteiger partial charge in [0.15, 0.2) is 5.84 Å². The number of aromatic nitrogens is 1. The zero-order chi connectivity index (χ0) is 23.9. The lowest BCUT2D eigenvalue weighted by Crippen LogP contribution is -2.42.